The normalized spacial score (nSPS) is 11.4. The molecule has 2 heterocycles. The van der Waals surface area contributed by atoms with Gasteiger partial charge in [0.2, 0.25) is 0 Å². The Hall–Kier alpha value is -2.42. The van der Waals surface area contributed by atoms with Gasteiger partial charge in [-0.3, -0.25) is 14.8 Å². The average Bonchev–Trinajstić information content (AvgIpc) is 2.97. The van der Waals surface area contributed by atoms with Gasteiger partial charge in [0.05, 0.1) is 24.0 Å². The highest BCUT2D eigenvalue weighted by Crippen LogP contribution is 2.28. The van der Waals surface area contributed by atoms with Crippen molar-refractivity contribution in [2.45, 2.75) is 12.7 Å². The number of pyridine rings is 1. The molecule has 112 valence electrons. The van der Waals surface area contributed by atoms with Gasteiger partial charge >= 0.3 is 12.1 Å². The summed E-state index contributed by atoms with van der Waals surface area (Å²) in [6.45, 7) is 0.0844. The Bertz CT molecular complexity index is 596. The van der Waals surface area contributed by atoms with Crippen LogP contribution in [0.4, 0.5) is 13.2 Å². The Morgan fingerprint density at radius 1 is 1.38 bits per heavy atom. The lowest BCUT2D eigenvalue weighted by atomic mass is 10.2. The molecule has 2 rings (SSSR count). The molecule has 0 bridgehead atoms. The number of carbonyl (C=O) groups is 1. The summed E-state index contributed by atoms with van der Waals surface area (Å²) in [6, 6.07) is 2.17. The second-order valence-electron chi connectivity index (χ2n) is 4.07. The third-order valence-corrected chi connectivity index (χ3v) is 2.57. The molecule has 0 atom stereocenters. The van der Waals surface area contributed by atoms with E-state index in [0.29, 0.717) is 5.69 Å². The lowest BCUT2D eigenvalue weighted by Gasteiger charge is -2.16. The molecule has 0 saturated heterocycles. The van der Waals surface area contributed by atoms with E-state index >= 15 is 0 Å². The van der Waals surface area contributed by atoms with Gasteiger partial charge in [-0.15, -0.1) is 0 Å². The number of nitrogens with zero attached hydrogens (tertiary/aromatic N) is 3. The molecule has 0 aliphatic carbocycles. The molecule has 0 aliphatic heterocycles. The van der Waals surface area contributed by atoms with Crippen molar-refractivity contribution in [3.63, 3.8) is 0 Å². The zero-order valence-corrected chi connectivity index (χ0v) is 10.9. The summed E-state index contributed by atoms with van der Waals surface area (Å²) in [4.78, 5) is 19.1. The summed E-state index contributed by atoms with van der Waals surface area (Å²) in [6.07, 6.45) is -1.08. The largest absolute Gasteiger partial charge is 0.441 e. The third-order valence-electron chi connectivity index (χ3n) is 2.57. The van der Waals surface area contributed by atoms with E-state index in [-0.39, 0.29) is 12.4 Å². The maximum absolute atomic E-state index is 12.4. The van der Waals surface area contributed by atoms with Crippen molar-refractivity contribution in [2.24, 2.45) is 0 Å². The monoisotopic (exact) mass is 300 g/mol. The quantitative estimate of drug-likeness (QED) is 0.873. The number of hydrazine groups is 1. The minimum Gasteiger partial charge on any atom is -0.441 e. The van der Waals surface area contributed by atoms with Crippen LogP contribution in [0.2, 0.25) is 0 Å². The highest BCUT2D eigenvalue weighted by Gasteiger charge is 2.30. The van der Waals surface area contributed by atoms with Gasteiger partial charge < -0.3 is 4.42 Å². The molecule has 9 heteroatoms. The highest BCUT2D eigenvalue weighted by atomic mass is 19.4. The lowest BCUT2D eigenvalue weighted by molar-refractivity contribution is -0.137. The predicted octanol–water partition coefficient (Wildman–Crippen LogP) is 1.87. The summed E-state index contributed by atoms with van der Waals surface area (Å²) < 4.78 is 42.0. The smallest absolute Gasteiger partial charge is 0.417 e. The molecule has 0 fully saturated rings. The summed E-state index contributed by atoms with van der Waals surface area (Å²) >= 11 is 0. The van der Waals surface area contributed by atoms with Crippen LogP contribution in [0.15, 0.2) is 35.2 Å². The van der Waals surface area contributed by atoms with Crippen LogP contribution in [0.3, 0.4) is 0 Å². The van der Waals surface area contributed by atoms with Crippen molar-refractivity contribution in [3.8, 4) is 0 Å². The fraction of sp³-hybridized carbons (Fsp3) is 0.250. The number of nitrogens with one attached hydrogen (secondary N) is 1. The fourth-order valence-electron chi connectivity index (χ4n) is 1.44. The maximum Gasteiger partial charge on any atom is 0.417 e. The van der Waals surface area contributed by atoms with E-state index in [1.807, 2.05) is 0 Å². The molecule has 1 N–H and O–H groups in total. The average molecular weight is 300 g/mol. The van der Waals surface area contributed by atoms with Crippen LogP contribution >= 0.6 is 0 Å². The maximum atomic E-state index is 12.4. The van der Waals surface area contributed by atoms with Gasteiger partial charge in [0, 0.05) is 13.2 Å². The minimum atomic E-state index is -4.42. The molecule has 0 saturated carbocycles. The molecular formula is C12H11F3N4O2. The summed E-state index contributed by atoms with van der Waals surface area (Å²) in [5, 5.41) is 1.12. The van der Waals surface area contributed by atoms with Gasteiger partial charge in [-0.2, -0.15) is 13.2 Å². The van der Waals surface area contributed by atoms with Crippen molar-refractivity contribution in [1.82, 2.24) is 20.4 Å². The topological polar surface area (TPSA) is 71.3 Å². The first-order valence-electron chi connectivity index (χ1n) is 5.81. The van der Waals surface area contributed by atoms with Crippen LogP contribution in [-0.4, -0.2) is 27.9 Å². The Balaban J connectivity index is 1.92. The Morgan fingerprint density at radius 3 is 2.67 bits per heavy atom. The zero-order chi connectivity index (χ0) is 15.5. The number of rotatable bonds is 4. The van der Waals surface area contributed by atoms with Crippen LogP contribution in [-0.2, 0) is 12.7 Å². The first-order chi connectivity index (χ1) is 9.88. The molecule has 0 spiro atoms. The van der Waals surface area contributed by atoms with Crippen LogP contribution in [0.5, 0.6) is 0 Å². The Labute approximate surface area is 117 Å². The van der Waals surface area contributed by atoms with Gasteiger partial charge in [0.1, 0.15) is 6.26 Å². The number of alkyl halides is 3. The van der Waals surface area contributed by atoms with Gasteiger partial charge in [-0.25, -0.2) is 10.4 Å². The van der Waals surface area contributed by atoms with E-state index in [9.17, 15) is 18.0 Å². The van der Waals surface area contributed by atoms with E-state index < -0.39 is 17.6 Å². The number of aromatic nitrogens is 2. The molecular weight excluding hydrogens is 289 g/mol. The van der Waals surface area contributed by atoms with Crippen LogP contribution in [0.25, 0.3) is 0 Å². The Kier molecular flexibility index (Phi) is 4.22. The van der Waals surface area contributed by atoms with Crippen molar-refractivity contribution in [1.29, 1.82) is 0 Å². The van der Waals surface area contributed by atoms with Crippen molar-refractivity contribution >= 4 is 5.91 Å². The number of amides is 1. The molecule has 0 unspecified atom stereocenters. The summed E-state index contributed by atoms with van der Waals surface area (Å²) in [5.41, 5.74) is 2.22. The fourth-order valence-corrected chi connectivity index (χ4v) is 1.44. The SMILES string of the molecule is CN(NCc1ccc(C(F)(F)F)cn1)C(=O)c1ncco1. The molecule has 0 radical (unpaired) electrons. The van der Waals surface area contributed by atoms with E-state index in [4.69, 9.17) is 4.42 Å². The van der Waals surface area contributed by atoms with Crippen molar-refractivity contribution in [2.75, 3.05) is 7.05 Å². The highest BCUT2D eigenvalue weighted by molar-refractivity contribution is 5.88. The second-order valence-corrected chi connectivity index (χ2v) is 4.07. The van der Waals surface area contributed by atoms with Crippen molar-refractivity contribution in [3.05, 3.63) is 47.9 Å². The van der Waals surface area contributed by atoms with E-state index in [1.54, 1.807) is 0 Å². The number of hydrogen-bond acceptors (Lipinski definition) is 5. The van der Waals surface area contributed by atoms with Crippen LogP contribution in [0, 0.1) is 0 Å². The van der Waals surface area contributed by atoms with Gasteiger partial charge in [0.25, 0.3) is 5.89 Å². The number of carbonyl (C=O) groups excluding carboxylic acids is 1. The molecule has 0 aromatic carbocycles. The van der Waals surface area contributed by atoms with Crippen molar-refractivity contribution < 1.29 is 22.4 Å². The second kappa shape index (κ2) is 5.92. The summed E-state index contributed by atoms with van der Waals surface area (Å²) in [7, 11) is 1.44. The van der Waals surface area contributed by atoms with E-state index in [0.717, 1.165) is 17.3 Å². The standard InChI is InChI=1S/C12H11F3N4O2/c1-19(11(20)10-16-4-5-21-10)18-7-9-3-2-8(6-17-9)12(13,14)15/h2-6,18H,7H2,1H3. The molecule has 0 aliphatic rings. The first-order valence-corrected chi connectivity index (χ1v) is 5.81. The molecule has 2 aromatic rings. The van der Waals surface area contributed by atoms with Gasteiger partial charge in [-0.1, -0.05) is 0 Å². The van der Waals surface area contributed by atoms with E-state index in [1.165, 1.54) is 25.6 Å². The molecule has 2 aromatic heterocycles. The zero-order valence-electron chi connectivity index (χ0n) is 10.9. The van der Waals surface area contributed by atoms with E-state index in [2.05, 4.69) is 15.4 Å². The number of halogens is 3. The van der Waals surface area contributed by atoms with Gasteiger partial charge in [0.15, 0.2) is 0 Å². The van der Waals surface area contributed by atoms with Crippen LogP contribution in [0.1, 0.15) is 21.9 Å². The number of oxazole rings is 1. The van der Waals surface area contributed by atoms with Crippen LogP contribution < -0.4 is 5.43 Å². The minimum absolute atomic E-state index is 0.0844. The Morgan fingerprint density at radius 2 is 2.14 bits per heavy atom. The summed E-state index contributed by atoms with van der Waals surface area (Å²) in [5.74, 6) is -0.600. The number of hydrogen-bond donors (Lipinski definition) is 1. The van der Waals surface area contributed by atoms with Gasteiger partial charge in [-0.05, 0) is 12.1 Å². The molecule has 21 heavy (non-hydrogen) atoms. The molecule has 1 amide bonds. The lowest BCUT2D eigenvalue weighted by Crippen LogP contribution is -2.39. The third kappa shape index (κ3) is 3.78. The predicted molar refractivity (Wildman–Crippen MR) is 64.7 cm³/mol. The first kappa shape index (κ1) is 15.0. The molecule has 6 nitrogen and oxygen atoms in total.